The smallest absolute Gasteiger partial charge is 0.340 e. The summed E-state index contributed by atoms with van der Waals surface area (Å²) >= 11 is 1.32. The Hall–Kier alpha value is -2.15. The summed E-state index contributed by atoms with van der Waals surface area (Å²) in [5.41, 5.74) is 1.55. The SMILES string of the molecule is COC(=O)c1cc(C)sc1NC(=O)c1cc(C)n(C)n1. The second-order valence-corrected chi connectivity index (χ2v) is 5.60. The number of rotatable bonds is 3. The summed E-state index contributed by atoms with van der Waals surface area (Å²) in [5, 5.41) is 7.28. The van der Waals surface area contributed by atoms with Gasteiger partial charge < -0.3 is 10.1 Å². The molecule has 2 aromatic rings. The Morgan fingerprint density at radius 1 is 1.35 bits per heavy atom. The number of hydrogen-bond acceptors (Lipinski definition) is 5. The van der Waals surface area contributed by atoms with Crippen LogP contribution in [-0.2, 0) is 11.8 Å². The van der Waals surface area contributed by atoms with E-state index < -0.39 is 5.97 Å². The molecule has 0 atom stereocenters. The highest BCUT2D eigenvalue weighted by Gasteiger charge is 2.19. The van der Waals surface area contributed by atoms with Crippen LogP contribution in [0.5, 0.6) is 0 Å². The van der Waals surface area contributed by atoms with Gasteiger partial charge in [-0.1, -0.05) is 0 Å². The molecule has 1 amide bonds. The third-order valence-electron chi connectivity index (χ3n) is 2.83. The maximum absolute atomic E-state index is 12.1. The molecule has 0 saturated carbocycles. The van der Waals surface area contributed by atoms with Crippen molar-refractivity contribution in [3.63, 3.8) is 0 Å². The average Bonchev–Trinajstić information content (AvgIpc) is 2.92. The number of hydrogen-bond donors (Lipinski definition) is 1. The summed E-state index contributed by atoms with van der Waals surface area (Å²) in [5.74, 6) is -0.817. The predicted molar refractivity (Wildman–Crippen MR) is 76.3 cm³/mol. The molecule has 0 unspecified atom stereocenters. The lowest BCUT2D eigenvalue weighted by Crippen LogP contribution is -2.14. The van der Waals surface area contributed by atoms with Crippen LogP contribution in [0.2, 0.25) is 0 Å². The highest BCUT2D eigenvalue weighted by Crippen LogP contribution is 2.28. The molecule has 0 aromatic carbocycles. The molecule has 2 rings (SSSR count). The van der Waals surface area contributed by atoms with Crippen LogP contribution < -0.4 is 5.32 Å². The lowest BCUT2D eigenvalue weighted by molar-refractivity contribution is 0.0602. The van der Waals surface area contributed by atoms with Gasteiger partial charge in [0.2, 0.25) is 0 Å². The molecular weight excluding hydrogens is 278 g/mol. The number of nitrogens with zero attached hydrogens (tertiary/aromatic N) is 2. The standard InChI is InChI=1S/C13H15N3O3S/c1-7-5-10(15-16(7)3)11(17)14-12-9(13(18)19-4)6-8(2)20-12/h5-6H,1-4H3,(H,14,17). The topological polar surface area (TPSA) is 73.2 Å². The molecule has 7 heteroatoms. The Labute approximate surface area is 120 Å². The molecule has 0 radical (unpaired) electrons. The van der Waals surface area contributed by atoms with Gasteiger partial charge in [0.05, 0.1) is 12.7 Å². The predicted octanol–water partition coefficient (Wildman–Crippen LogP) is 2.14. The van der Waals surface area contributed by atoms with Crippen LogP contribution in [-0.4, -0.2) is 28.8 Å². The molecule has 2 aromatic heterocycles. The molecule has 2 heterocycles. The van der Waals surface area contributed by atoms with Gasteiger partial charge in [-0.15, -0.1) is 11.3 Å². The molecule has 0 fully saturated rings. The van der Waals surface area contributed by atoms with Crippen molar-refractivity contribution >= 4 is 28.2 Å². The van der Waals surface area contributed by atoms with Gasteiger partial charge in [0.1, 0.15) is 5.00 Å². The van der Waals surface area contributed by atoms with E-state index in [0.717, 1.165) is 10.6 Å². The van der Waals surface area contributed by atoms with Gasteiger partial charge in [-0.25, -0.2) is 4.79 Å². The van der Waals surface area contributed by atoms with Crippen molar-refractivity contribution < 1.29 is 14.3 Å². The van der Waals surface area contributed by atoms with Crippen molar-refractivity contribution in [1.82, 2.24) is 9.78 Å². The third kappa shape index (κ3) is 2.72. The van der Waals surface area contributed by atoms with Crippen molar-refractivity contribution in [2.45, 2.75) is 13.8 Å². The van der Waals surface area contributed by atoms with E-state index in [1.165, 1.54) is 18.4 Å². The molecule has 6 nitrogen and oxygen atoms in total. The zero-order valence-corrected chi connectivity index (χ0v) is 12.5. The Kier molecular flexibility index (Phi) is 3.89. The Balaban J connectivity index is 2.26. The Bertz CT molecular complexity index is 653. The number of carbonyl (C=O) groups excluding carboxylic acids is 2. The van der Waals surface area contributed by atoms with E-state index in [1.807, 2.05) is 13.8 Å². The molecule has 106 valence electrons. The number of carbonyl (C=O) groups is 2. The number of amides is 1. The zero-order chi connectivity index (χ0) is 14.9. The molecular formula is C13H15N3O3S. The van der Waals surface area contributed by atoms with Crippen molar-refractivity contribution in [2.24, 2.45) is 7.05 Å². The summed E-state index contributed by atoms with van der Waals surface area (Å²) < 4.78 is 6.32. The van der Waals surface area contributed by atoms with Crippen LogP contribution in [0.1, 0.15) is 31.4 Å². The zero-order valence-electron chi connectivity index (χ0n) is 11.7. The van der Waals surface area contributed by atoms with Crippen molar-refractivity contribution in [3.8, 4) is 0 Å². The number of thiophene rings is 1. The fourth-order valence-electron chi connectivity index (χ4n) is 1.71. The van der Waals surface area contributed by atoms with Gasteiger partial charge >= 0.3 is 5.97 Å². The molecule has 0 bridgehead atoms. The highest BCUT2D eigenvalue weighted by atomic mass is 32.1. The molecule has 20 heavy (non-hydrogen) atoms. The Morgan fingerprint density at radius 2 is 2.05 bits per heavy atom. The number of ether oxygens (including phenoxy) is 1. The average molecular weight is 293 g/mol. The lowest BCUT2D eigenvalue weighted by atomic mass is 10.3. The summed E-state index contributed by atoms with van der Waals surface area (Å²) in [6.45, 7) is 3.72. The minimum atomic E-state index is -0.471. The van der Waals surface area contributed by atoms with Crippen LogP contribution in [0, 0.1) is 13.8 Å². The lowest BCUT2D eigenvalue weighted by Gasteiger charge is -2.03. The minimum absolute atomic E-state index is 0.312. The van der Waals surface area contributed by atoms with Crippen LogP contribution in [0.25, 0.3) is 0 Å². The summed E-state index contributed by atoms with van der Waals surface area (Å²) in [4.78, 5) is 24.7. The quantitative estimate of drug-likeness (QED) is 0.880. The van der Waals surface area contributed by atoms with Crippen LogP contribution >= 0.6 is 11.3 Å². The molecule has 0 aliphatic rings. The van der Waals surface area contributed by atoms with Gasteiger partial charge in [-0.05, 0) is 26.0 Å². The monoisotopic (exact) mass is 293 g/mol. The minimum Gasteiger partial charge on any atom is -0.465 e. The molecule has 0 aliphatic carbocycles. The number of aryl methyl sites for hydroxylation is 3. The van der Waals surface area contributed by atoms with Crippen LogP contribution in [0.3, 0.4) is 0 Å². The first-order chi connectivity index (χ1) is 9.42. The van der Waals surface area contributed by atoms with E-state index in [9.17, 15) is 9.59 Å². The fourth-order valence-corrected chi connectivity index (χ4v) is 2.60. The molecule has 0 saturated heterocycles. The number of methoxy groups -OCH3 is 1. The second kappa shape index (κ2) is 5.46. The summed E-state index contributed by atoms with van der Waals surface area (Å²) in [7, 11) is 3.07. The van der Waals surface area contributed by atoms with E-state index >= 15 is 0 Å². The van der Waals surface area contributed by atoms with Crippen LogP contribution in [0.15, 0.2) is 12.1 Å². The van der Waals surface area contributed by atoms with Crippen LogP contribution in [0.4, 0.5) is 5.00 Å². The van der Waals surface area contributed by atoms with E-state index in [2.05, 4.69) is 10.4 Å². The van der Waals surface area contributed by atoms with Crippen molar-refractivity contribution in [1.29, 1.82) is 0 Å². The largest absolute Gasteiger partial charge is 0.465 e. The first-order valence-corrected chi connectivity index (χ1v) is 6.74. The molecule has 0 aliphatic heterocycles. The van der Waals surface area contributed by atoms with Gasteiger partial charge in [0.25, 0.3) is 5.91 Å². The van der Waals surface area contributed by atoms with Gasteiger partial charge in [-0.3, -0.25) is 9.48 Å². The first-order valence-electron chi connectivity index (χ1n) is 5.93. The highest BCUT2D eigenvalue weighted by molar-refractivity contribution is 7.16. The molecule has 1 N–H and O–H groups in total. The number of nitrogens with one attached hydrogen (secondary N) is 1. The van der Waals surface area contributed by atoms with E-state index in [0.29, 0.717) is 16.3 Å². The van der Waals surface area contributed by atoms with Crippen molar-refractivity contribution in [3.05, 3.63) is 34.0 Å². The second-order valence-electron chi connectivity index (χ2n) is 4.34. The van der Waals surface area contributed by atoms with Gasteiger partial charge in [0.15, 0.2) is 5.69 Å². The maximum atomic E-state index is 12.1. The normalized spacial score (nSPS) is 10.4. The molecule has 0 spiro atoms. The third-order valence-corrected chi connectivity index (χ3v) is 3.80. The van der Waals surface area contributed by atoms with E-state index in [1.54, 1.807) is 23.9 Å². The summed E-state index contributed by atoms with van der Waals surface area (Å²) in [6, 6.07) is 3.38. The van der Waals surface area contributed by atoms with Crippen molar-refractivity contribution in [2.75, 3.05) is 12.4 Å². The number of aromatic nitrogens is 2. The summed E-state index contributed by atoms with van der Waals surface area (Å²) in [6.07, 6.45) is 0. The Morgan fingerprint density at radius 3 is 2.60 bits per heavy atom. The fraction of sp³-hybridized carbons (Fsp3) is 0.308. The maximum Gasteiger partial charge on any atom is 0.340 e. The van der Waals surface area contributed by atoms with Gasteiger partial charge in [0, 0.05) is 17.6 Å². The number of esters is 1. The van der Waals surface area contributed by atoms with E-state index in [-0.39, 0.29) is 5.91 Å². The van der Waals surface area contributed by atoms with E-state index in [4.69, 9.17) is 4.74 Å². The number of anilines is 1. The van der Waals surface area contributed by atoms with Gasteiger partial charge in [-0.2, -0.15) is 5.10 Å². The first kappa shape index (κ1) is 14.3.